The molecule has 15 heavy (non-hydrogen) atoms. The molecule has 0 saturated heterocycles. The maximum atomic E-state index is 11.9. The van der Waals surface area contributed by atoms with E-state index in [1.807, 2.05) is 0 Å². The molecule has 1 aromatic rings. The molecule has 3 aliphatic heterocycles. The molecule has 0 fully saturated rings. The highest BCUT2D eigenvalue weighted by Gasteiger charge is 2.46. The van der Waals surface area contributed by atoms with Crippen LogP contribution < -0.4 is 9.05 Å². The van der Waals surface area contributed by atoms with Crippen LogP contribution in [0.15, 0.2) is 0 Å². The van der Waals surface area contributed by atoms with Gasteiger partial charge in [-0.05, 0) is 13.8 Å². The summed E-state index contributed by atoms with van der Waals surface area (Å²) >= 11 is 0. The molecule has 2 atom stereocenters. The Balaban J connectivity index is 2.40. The lowest BCUT2D eigenvalue weighted by Crippen LogP contribution is -2.08. The first-order valence-corrected chi connectivity index (χ1v) is 5.87. The highest BCUT2D eigenvalue weighted by atomic mass is 31.2. The van der Waals surface area contributed by atoms with Gasteiger partial charge in [-0.25, -0.2) is 9.55 Å². The van der Waals surface area contributed by atoms with E-state index in [-0.39, 0.29) is 17.4 Å². The van der Waals surface area contributed by atoms with Crippen LogP contribution in [0.3, 0.4) is 0 Å². The van der Waals surface area contributed by atoms with Gasteiger partial charge in [0, 0.05) is 0 Å². The molecule has 3 aliphatic rings. The number of rotatable bonds is 0. The van der Waals surface area contributed by atoms with Crippen LogP contribution in [0, 0.1) is 6.92 Å². The molecule has 0 aromatic carbocycles. The van der Waals surface area contributed by atoms with Gasteiger partial charge in [0.2, 0.25) is 5.88 Å². The summed E-state index contributed by atoms with van der Waals surface area (Å²) in [4.78, 5) is 4.04. The third-order valence-corrected chi connectivity index (χ3v) is 3.79. The lowest BCUT2D eigenvalue weighted by molar-refractivity contribution is 0.163. The van der Waals surface area contributed by atoms with Crippen LogP contribution in [0.5, 0.6) is 17.4 Å². The Morgan fingerprint density at radius 1 is 1.47 bits per heavy atom. The van der Waals surface area contributed by atoms with Crippen molar-refractivity contribution in [1.29, 1.82) is 0 Å². The highest BCUT2D eigenvalue weighted by Crippen LogP contribution is 2.63. The van der Waals surface area contributed by atoms with E-state index in [0.717, 1.165) is 0 Å². The predicted molar refractivity (Wildman–Crippen MR) is 49.0 cm³/mol. The summed E-state index contributed by atoms with van der Waals surface area (Å²) in [5.41, 5.74) is 0.821. The second-order valence-corrected chi connectivity index (χ2v) is 4.95. The fraction of sp³-hybridized carbons (Fsp3) is 0.375. The van der Waals surface area contributed by atoms with Crippen LogP contribution in [0.4, 0.5) is 0 Å². The van der Waals surface area contributed by atoms with E-state index in [0.29, 0.717) is 11.3 Å². The number of pyridine rings is 1. The SMILES string of the molecule is Cc1c2nc3c(O)c1OP(=O)(O2)OC3C. The number of nitrogens with zero attached hydrogens (tertiary/aromatic N) is 1. The average Bonchev–Trinajstić information content (AvgIpc) is 2.29. The predicted octanol–water partition coefficient (Wildman–Crippen LogP) is 2.07. The summed E-state index contributed by atoms with van der Waals surface area (Å²) in [7, 11) is -3.64. The van der Waals surface area contributed by atoms with Gasteiger partial charge in [0.1, 0.15) is 11.8 Å². The second kappa shape index (κ2) is 2.46. The number of hydrogen-bond acceptors (Lipinski definition) is 6. The van der Waals surface area contributed by atoms with Crippen molar-refractivity contribution in [2.24, 2.45) is 0 Å². The molecule has 7 heteroatoms. The minimum absolute atomic E-state index is 0.121. The molecule has 0 spiro atoms. The molecule has 0 radical (unpaired) electrons. The lowest BCUT2D eigenvalue weighted by Gasteiger charge is -2.22. The van der Waals surface area contributed by atoms with Gasteiger partial charge in [-0.15, -0.1) is 0 Å². The zero-order chi connectivity index (χ0) is 10.8. The third-order valence-electron chi connectivity index (χ3n) is 2.41. The standard InChI is InChI=1S/C8H8NO5P/c1-3-7-6(10)5-4(2)12-15(11,13-7)14-8(3)9-5/h4,10H,1-2H3. The number of hydrogen-bond donors (Lipinski definition) is 1. The molecule has 4 bridgehead atoms. The quantitative estimate of drug-likeness (QED) is 0.686. The van der Waals surface area contributed by atoms with Gasteiger partial charge in [-0.1, -0.05) is 0 Å². The molecule has 1 N–H and O–H groups in total. The van der Waals surface area contributed by atoms with Crippen molar-refractivity contribution in [2.75, 3.05) is 0 Å². The summed E-state index contributed by atoms with van der Waals surface area (Å²) in [6, 6.07) is 0. The first-order valence-electron chi connectivity index (χ1n) is 4.41. The van der Waals surface area contributed by atoms with Crippen LogP contribution in [-0.2, 0) is 9.09 Å². The summed E-state index contributed by atoms with van der Waals surface area (Å²) in [6.45, 7) is 3.29. The Bertz CT molecular complexity index is 514. The van der Waals surface area contributed by atoms with Crippen molar-refractivity contribution in [2.45, 2.75) is 20.0 Å². The van der Waals surface area contributed by atoms with E-state index < -0.39 is 13.9 Å². The van der Waals surface area contributed by atoms with Crippen molar-refractivity contribution in [3.8, 4) is 17.4 Å². The highest BCUT2D eigenvalue weighted by molar-refractivity contribution is 7.49. The van der Waals surface area contributed by atoms with Gasteiger partial charge in [0.05, 0.1) is 5.56 Å². The van der Waals surface area contributed by atoms with Crippen molar-refractivity contribution in [3.63, 3.8) is 0 Å². The fourth-order valence-electron chi connectivity index (χ4n) is 1.64. The molecule has 0 saturated carbocycles. The third kappa shape index (κ3) is 1.03. The molecular formula is C8H8NO5P. The van der Waals surface area contributed by atoms with Crippen molar-refractivity contribution >= 4 is 7.82 Å². The maximum absolute atomic E-state index is 11.9. The zero-order valence-corrected chi connectivity index (χ0v) is 8.95. The van der Waals surface area contributed by atoms with E-state index >= 15 is 0 Å². The molecule has 1 aromatic heterocycles. The van der Waals surface area contributed by atoms with Gasteiger partial charge in [0.25, 0.3) is 0 Å². The normalized spacial score (nSPS) is 30.9. The first-order chi connectivity index (χ1) is 7.00. The number of fused-ring (bicyclic) bond motifs is 1. The summed E-state index contributed by atoms with van der Waals surface area (Å²) < 4.78 is 27.0. The molecule has 4 rings (SSSR count). The van der Waals surface area contributed by atoms with E-state index in [1.165, 1.54) is 0 Å². The van der Waals surface area contributed by atoms with E-state index in [2.05, 4.69) is 4.98 Å². The Labute approximate surface area is 85.4 Å². The van der Waals surface area contributed by atoms with Gasteiger partial charge < -0.3 is 14.2 Å². The molecule has 0 aliphatic carbocycles. The Hall–Kier alpha value is -1.26. The topological polar surface area (TPSA) is 77.9 Å². The van der Waals surface area contributed by atoms with Gasteiger partial charge >= 0.3 is 7.82 Å². The van der Waals surface area contributed by atoms with Gasteiger partial charge in [0.15, 0.2) is 11.5 Å². The second-order valence-electron chi connectivity index (χ2n) is 3.48. The maximum Gasteiger partial charge on any atom is 0.589 e. The summed E-state index contributed by atoms with van der Waals surface area (Å²) in [5.74, 6) is 0.232. The lowest BCUT2D eigenvalue weighted by atomic mass is 10.1. The minimum atomic E-state index is -3.64. The zero-order valence-electron chi connectivity index (χ0n) is 8.05. The van der Waals surface area contributed by atoms with Crippen LogP contribution in [0.2, 0.25) is 0 Å². The van der Waals surface area contributed by atoms with Crippen molar-refractivity contribution < 1.29 is 23.2 Å². The van der Waals surface area contributed by atoms with Crippen LogP contribution in [-0.4, -0.2) is 10.1 Å². The summed E-state index contributed by atoms with van der Waals surface area (Å²) in [5, 5.41) is 9.80. The molecular weight excluding hydrogens is 221 g/mol. The Kier molecular flexibility index (Phi) is 1.47. The largest absolute Gasteiger partial charge is 0.589 e. The van der Waals surface area contributed by atoms with Crippen molar-refractivity contribution in [3.05, 3.63) is 11.3 Å². The van der Waals surface area contributed by atoms with Gasteiger partial charge in [-0.2, -0.15) is 0 Å². The minimum Gasteiger partial charge on any atom is -0.503 e. The number of aromatic nitrogens is 1. The number of aromatic hydroxyl groups is 1. The van der Waals surface area contributed by atoms with E-state index in [9.17, 15) is 9.67 Å². The monoisotopic (exact) mass is 229 g/mol. The molecule has 4 heterocycles. The number of phosphoric acid groups is 1. The fourth-order valence-corrected chi connectivity index (χ4v) is 3.09. The molecule has 2 unspecified atom stereocenters. The van der Waals surface area contributed by atoms with Crippen LogP contribution in [0.1, 0.15) is 24.3 Å². The number of phosphoric ester groups is 1. The average molecular weight is 229 g/mol. The van der Waals surface area contributed by atoms with Gasteiger partial charge in [-0.3, -0.25) is 4.52 Å². The smallest absolute Gasteiger partial charge is 0.503 e. The van der Waals surface area contributed by atoms with Crippen LogP contribution >= 0.6 is 7.82 Å². The van der Waals surface area contributed by atoms with E-state index in [1.54, 1.807) is 13.8 Å². The van der Waals surface area contributed by atoms with Crippen LogP contribution in [0.25, 0.3) is 0 Å². The Morgan fingerprint density at radius 3 is 2.93 bits per heavy atom. The van der Waals surface area contributed by atoms with Crippen molar-refractivity contribution in [1.82, 2.24) is 4.98 Å². The molecule has 0 amide bonds. The molecule has 80 valence electrons. The summed E-state index contributed by atoms with van der Waals surface area (Å²) in [6.07, 6.45) is -0.612. The van der Waals surface area contributed by atoms with E-state index in [4.69, 9.17) is 13.6 Å². The Morgan fingerprint density at radius 2 is 2.20 bits per heavy atom. The first kappa shape index (κ1) is 9.00. The molecule has 6 nitrogen and oxygen atoms in total.